The zero-order valence-electron chi connectivity index (χ0n) is 8.99. The van der Waals surface area contributed by atoms with Gasteiger partial charge in [-0.2, -0.15) is 0 Å². The molecule has 3 N–H and O–H groups in total. The van der Waals surface area contributed by atoms with Crippen molar-refractivity contribution < 1.29 is 9.90 Å². The Labute approximate surface area is 93.1 Å². The fraction of sp³-hybridized carbons (Fsp3) is 0.250. The third-order valence-corrected chi connectivity index (χ3v) is 2.74. The lowest BCUT2D eigenvalue weighted by Gasteiger charge is -2.11. The van der Waals surface area contributed by atoms with E-state index in [-0.39, 0.29) is 6.42 Å². The van der Waals surface area contributed by atoms with Gasteiger partial charge in [0.2, 0.25) is 0 Å². The second-order valence-corrected chi connectivity index (χ2v) is 3.94. The normalized spacial score (nSPS) is 12.9. The van der Waals surface area contributed by atoms with Crippen molar-refractivity contribution >= 4 is 16.9 Å². The van der Waals surface area contributed by atoms with Crippen molar-refractivity contribution in [1.82, 2.24) is 4.98 Å². The number of aromatic amines is 1. The molecular formula is C12H13N2O2-. The van der Waals surface area contributed by atoms with Gasteiger partial charge in [0.1, 0.15) is 0 Å². The van der Waals surface area contributed by atoms with Crippen molar-refractivity contribution in [2.75, 3.05) is 0 Å². The van der Waals surface area contributed by atoms with Crippen LogP contribution in [0, 0.1) is 6.92 Å². The van der Waals surface area contributed by atoms with Gasteiger partial charge in [0.15, 0.2) is 0 Å². The molecule has 0 aliphatic heterocycles. The number of carbonyl (C=O) groups is 1. The SMILES string of the molecule is Cc1cccc2[nH]cc(C[C@H](N)C(=O)[O-])c12. The van der Waals surface area contributed by atoms with Gasteiger partial charge in [-0.1, -0.05) is 12.1 Å². The van der Waals surface area contributed by atoms with Gasteiger partial charge in [0.05, 0.1) is 5.97 Å². The average molecular weight is 217 g/mol. The summed E-state index contributed by atoms with van der Waals surface area (Å²) in [4.78, 5) is 13.7. The highest BCUT2D eigenvalue weighted by molar-refractivity contribution is 5.87. The lowest BCUT2D eigenvalue weighted by atomic mass is 10.0. The molecule has 84 valence electrons. The van der Waals surface area contributed by atoms with Crippen LogP contribution in [0.5, 0.6) is 0 Å². The zero-order valence-corrected chi connectivity index (χ0v) is 8.99. The number of aryl methyl sites for hydroxylation is 1. The third-order valence-electron chi connectivity index (χ3n) is 2.74. The molecule has 0 saturated carbocycles. The molecule has 0 fully saturated rings. The van der Waals surface area contributed by atoms with Gasteiger partial charge in [-0.15, -0.1) is 0 Å². The number of aromatic nitrogens is 1. The highest BCUT2D eigenvalue weighted by Gasteiger charge is 2.10. The molecule has 0 unspecified atom stereocenters. The lowest BCUT2D eigenvalue weighted by Crippen LogP contribution is -2.43. The molecule has 2 aromatic rings. The Hall–Kier alpha value is -1.81. The molecule has 2 rings (SSSR count). The van der Waals surface area contributed by atoms with Crippen LogP contribution < -0.4 is 10.8 Å². The van der Waals surface area contributed by atoms with Gasteiger partial charge in [-0.3, -0.25) is 0 Å². The number of rotatable bonds is 3. The van der Waals surface area contributed by atoms with E-state index in [0.29, 0.717) is 0 Å². The summed E-state index contributed by atoms with van der Waals surface area (Å²) in [6.07, 6.45) is 2.09. The molecule has 4 nitrogen and oxygen atoms in total. The molecule has 1 aromatic heterocycles. The summed E-state index contributed by atoms with van der Waals surface area (Å²) >= 11 is 0. The maximum atomic E-state index is 10.6. The van der Waals surface area contributed by atoms with Gasteiger partial charge in [-0.25, -0.2) is 0 Å². The summed E-state index contributed by atoms with van der Waals surface area (Å²) in [6, 6.07) is 4.94. The van der Waals surface area contributed by atoms with Crippen LogP contribution in [-0.2, 0) is 11.2 Å². The van der Waals surface area contributed by atoms with Crippen LogP contribution in [0.3, 0.4) is 0 Å². The molecular weight excluding hydrogens is 204 g/mol. The highest BCUT2D eigenvalue weighted by Crippen LogP contribution is 2.22. The smallest absolute Gasteiger partial charge is 0.0585 e. The summed E-state index contributed by atoms with van der Waals surface area (Å²) < 4.78 is 0. The Bertz CT molecular complexity index is 531. The van der Waals surface area contributed by atoms with E-state index < -0.39 is 12.0 Å². The molecule has 1 aromatic carbocycles. The summed E-state index contributed by atoms with van der Waals surface area (Å²) in [5, 5.41) is 11.7. The Kier molecular flexibility index (Phi) is 2.66. The van der Waals surface area contributed by atoms with E-state index in [0.717, 1.165) is 22.0 Å². The number of carbonyl (C=O) groups excluding carboxylic acids is 1. The number of hydrogen-bond donors (Lipinski definition) is 2. The molecule has 16 heavy (non-hydrogen) atoms. The number of hydrogen-bond acceptors (Lipinski definition) is 3. The summed E-state index contributed by atoms with van der Waals surface area (Å²) in [7, 11) is 0. The quantitative estimate of drug-likeness (QED) is 0.764. The maximum absolute atomic E-state index is 10.6. The number of H-pyrrole nitrogens is 1. The molecule has 0 bridgehead atoms. The van der Waals surface area contributed by atoms with Crippen molar-refractivity contribution in [2.45, 2.75) is 19.4 Å². The van der Waals surface area contributed by atoms with Gasteiger partial charge in [-0.05, 0) is 30.5 Å². The minimum absolute atomic E-state index is 0.285. The molecule has 4 heteroatoms. The third kappa shape index (κ3) is 1.79. The number of nitrogens with one attached hydrogen (secondary N) is 1. The van der Waals surface area contributed by atoms with E-state index in [1.165, 1.54) is 0 Å². The van der Waals surface area contributed by atoms with E-state index in [2.05, 4.69) is 4.98 Å². The van der Waals surface area contributed by atoms with E-state index in [4.69, 9.17) is 5.73 Å². The van der Waals surface area contributed by atoms with Crippen molar-refractivity contribution in [3.63, 3.8) is 0 Å². The van der Waals surface area contributed by atoms with E-state index in [9.17, 15) is 9.90 Å². The van der Waals surface area contributed by atoms with Gasteiger partial charge in [0, 0.05) is 23.1 Å². The van der Waals surface area contributed by atoms with Gasteiger partial charge >= 0.3 is 0 Å². The van der Waals surface area contributed by atoms with Gasteiger partial charge < -0.3 is 20.6 Å². The first-order valence-electron chi connectivity index (χ1n) is 5.11. The maximum Gasteiger partial charge on any atom is 0.0585 e. The minimum atomic E-state index is -1.22. The largest absolute Gasteiger partial charge is 0.548 e. The number of carboxylic acids is 1. The first-order valence-corrected chi connectivity index (χ1v) is 5.11. The van der Waals surface area contributed by atoms with Crippen LogP contribution >= 0.6 is 0 Å². The summed E-state index contributed by atoms with van der Waals surface area (Å²) in [5.41, 5.74) is 8.50. The minimum Gasteiger partial charge on any atom is -0.548 e. The van der Waals surface area contributed by atoms with Crippen LogP contribution in [0.25, 0.3) is 10.9 Å². The lowest BCUT2D eigenvalue weighted by molar-refractivity contribution is -0.307. The van der Waals surface area contributed by atoms with Crippen molar-refractivity contribution in [3.8, 4) is 0 Å². The molecule has 0 aliphatic carbocycles. The van der Waals surface area contributed by atoms with Crippen LogP contribution in [-0.4, -0.2) is 17.0 Å². The number of benzene rings is 1. The molecule has 0 saturated heterocycles. The Morgan fingerprint density at radius 1 is 1.56 bits per heavy atom. The standard InChI is InChI=1S/C12H14N2O2/c1-7-3-2-4-10-11(7)8(6-14-10)5-9(13)12(15)16/h2-4,6,9,14H,5,13H2,1H3,(H,15,16)/p-1/t9-/m0/s1. The Balaban J connectivity index is 2.42. The number of carboxylic acid groups (broad SMARTS) is 1. The van der Waals surface area contributed by atoms with Crippen LogP contribution in [0.4, 0.5) is 0 Å². The second-order valence-electron chi connectivity index (χ2n) is 3.94. The molecule has 0 amide bonds. The van der Waals surface area contributed by atoms with Crippen molar-refractivity contribution in [1.29, 1.82) is 0 Å². The van der Waals surface area contributed by atoms with Crippen molar-refractivity contribution in [3.05, 3.63) is 35.5 Å². The molecule has 0 spiro atoms. The number of fused-ring (bicyclic) bond motifs is 1. The fourth-order valence-electron chi connectivity index (χ4n) is 1.93. The molecule has 0 aliphatic rings. The van der Waals surface area contributed by atoms with E-state index in [1.807, 2.05) is 25.1 Å². The highest BCUT2D eigenvalue weighted by atomic mass is 16.4. The number of aliphatic carboxylic acids is 1. The second kappa shape index (κ2) is 3.98. The first-order chi connectivity index (χ1) is 7.59. The summed E-state index contributed by atoms with van der Waals surface area (Å²) in [5.74, 6) is -1.22. The molecule has 1 heterocycles. The topological polar surface area (TPSA) is 81.9 Å². The van der Waals surface area contributed by atoms with Gasteiger partial charge in [0.25, 0.3) is 0 Å². The monoisotopic (exact) mass is 217 g/mol. The van der Waals surface area contributed by atoms with Crippen LogP contribution in [0.15, 0.2) is 24.4 Å². The summed E-state index contributed by atoms with van der Waals surface area (Å²) in [6.45, 7) is 1.99. The fourth-order valence-corrected chi connectivity index (χ4v) is 1.93. The predicted octanol–water partition coefficient (Wildman–Crippen LogP) is 0.0960. The zero-order chi connectivity index (χ0) is 11.7. The first kappa shape index (κ1) is 10.7. The van der Waals surface area contributed by atoms with E-state index in [1.54, 1.807) is 6.20 Å². The van der Waals surface area contributed by atoms with Crippen LogP contribution in [0.2, 0.25) is 0 Å². The Morgan fingerprint density at radius 3 is 3.00 bits per heavy atom. The predicted molar refractivity (Wildman–Crippen MR) is 59.7 cm³/mol. The molecule has 0 radical (unpaired) electrons. The van der Waals surface area contributed by atoms with E-state index >= 15 is 0 Å². The molecule has 1 atom stereocenters. The Morgan fingerprint density at radius 2 is 2.31 bits per heavy atom. The van der Waals surface area contributed by atoms with Crippen molar-refractivity contribution in [2.24, 2.45) is 5.73 Å². The average Bonchev–Trinajstić information content (AvgIpc) is 2.63. The van der Waals surface area contributed by atoms with Crippen LogP contribution in [0.1, 0.15) is 11.1 Å². The number of nitrogens with two attached hydrogens (primary N) is 1.